The number of hydrogen-bond donors (Lipinski definition) is 2. The maximum Gasteiger partial charge on any atom is 0.290 e. The van der Waals surface area contributed by atoms with Crippen LogP contribution in [0.2, 0.25) is 5.15 Å². The van der Waals surface area contributed by atoms with Gasteiger partial charge in [0.2, 0.25) is 0 Å². The van der Waals surface area contributed by atoms with E-state index in [1.54, 1.807) is 6.20 Å². The number of nitrogen functional groups attached to an aromatic ring is 1. The van der Waals surface area contributed by atoms with Gasteiger partial charge in [0.15, 0.2) is 5.82 Å². The Morgan fingerprint density at radius 1 is 1.52 bits per heavy atom. The maximum absolute atomic E-state index is 8.36. The first-order valence-corrected chi connectivity index (χ1v) is 8.63. The Kier molecular flexibility index (Phi) is 5.86. The molecule has 2 aromatic heterocycles. The topological polar surface area (TPSA) is 93.5 Å². The summed E-state index contributed by atoms with van der Waals surface area (Å²) in [5, 5.41) is 7.45. The largest absolute Gasteiger partial charge is 0.483 e. The highest BCUT2D eigenvalue weighted by molar-refractivity contribution is 9.10. The van der Waals surface area contributed by atoms with Gasteiger partial charge in [-0.25, -0.2) is 9.97 Å². The van der Waals surface area contributed by atoms with Crippen LogP contribution in [-0.2, 0) is 4.79 Å². The number of nitrogens with two attached hydrogens (primary N) is 1. The molecule has 2 heterocycles. The molecule has 1 fully saturated rings. The van der Waals surface area contributed by atoms with Crippen molar-refractivity contribution in [2.24, 2.45) is 11.8 Å². The zero-order valence-electron chi connectivity index (χ0n) is 13.0. The van der Waals surface area contributed by atoms with Gasteiger partial charge in [0.25, 0.3) is 6.47 Å². The second kappa shape index (κ2) is 7.49. The lowest BCUT2D eigenvalue weighted by Crippen LogP contribution is -2.06. The highest BCUT2D eigenvalue weighted by Crippen LogP contribution is 2.42. The SMILES string of the molecule is CC(C)C1CCC(c2nc(Br)c3c(N)ncc(Cl)n23)C1.O=CO. The molecule has 2 unspecified atom stereocenters. The van der Waals surface area contributed by atoms with Crippen molar-refractivity contribution in [1.82, 2.24) is 14.4 Å². The van der Waals surface area contributed by atoms with E-state index in [2.05, 4.69) is 39.7 Å². The Morgan fingerprint density at radius 3 is 2.74 bits per heavy atom. The predicted octanol–water partition coefficient (Wildman–Crippen LogP) is 3.97. The number of nitrogens with zero attached hydrogens (tertiary/aromatic N) is 3. The van der Waals surface area contributed by atoms with Crippen molar-refractivity contribution < 1.29 is 9.90 Å². The molecule has 1 aliphatic carbocycles. The van der Waals surface area contributed by atoms with Crippen LogP contribution in [0.4, 0.5) is 5.82 Å². The molecule has 8 heteroatoms. The number of anilines is 1. The van der Waals surface area contributed by atoms with E-state index in [0.29, 0.717) is 16.9 Å². The fourth-order valence-electron chi connectivity index (χ4n) is 3.22. The van der Waals surface area contributed by atoms with Crippen molar-refractivity contribution in [2.75, 3.05) is 5.73 Å². The van der Waals surface area contributed by atoms with Crippen molar-refractivity contribution >= 4 is 45.3 Å². The van der Waals surface area contributed by atoms with Crippen LogP contribution in [0.3, 0.4) is 0 Å². The second-order valence-electron chi connectivity index (χ2n) is 6.03. The van der Waals surface area contributed by atoms with Gasteiger partial charge in [0.05, 0.1) is 6.20 Å². The standard InChI is InChI=1S/C14H18BrClN4.CH2O2/c1-7(2)8-3-4-9(5-8)14-19-12(15)11-13(17)18-6-10(16)20(11)14;2-1-3/h6-9H,3-5H2,1-2H3,(H2,17,18);1H,(H,2,3). The summed E-state index contributed by atoms with van der Waals surface area (Å²) in [6.45, 7) is 4.34. The van der Waals surface area contributed by atoms with Gasteiger partial charge in [-0.1, -0.05) is 25.4 Å². The van der Waals surface area contributed by atoms with Crippen molar-refractivity contribution in [3.63, 3.8) is 0 Å². The van der Waals surface area contributed by atoms with E-state index in [1.807, 2.05) is 4.40 Å². The van der Waals surface area contributed by atoms with E-state index in [0.717, 1.165) is 34.2 Å². The van der Waals surface area contributed by atoms with Crippen LogP contribution >= 0.6 is 27.5 Å². The summed E-state index contributed by atoms with van der Waals surface area (Å²) in [7, 11) is 0. The second-order valence-corrected chi connectivity index (χ2v) is 7.17. The Morgan fingerprint density at radius 2 is 2.17 bits per heavy atom. The van der Waals surface area contributed by atoms with Crippen molar-refractivity contribution in [3.8, 4) is 0 Å². The number of carboxylic acid groups (broad SMARTS) is 1. The predicted molar refractivity (Wildman–Crippen MR) is 93.7 cm³/mol. The zero-order chi connectivity index (χ0) is 17.1. The molecule has 1 aliphatic rings. The number of carbonyl (C=O) groups is 1. The van der Waals surface area contributed by atoms with E-state index in [-0.39, 0.29) is 6.47 Å². The minimum atomic E-state index is -0.250. The maximum atomic E-state index is 8.36. The van der Waals surface area contributed by atoms with Gasteiger partial charge in [0.1, 0.15) is 21.1 Å². The summed E-state index contributed by atoms with van der Waals surface area (Å²) in [4.78, 5) is 17.1. The van der Waals surface area contributed by atoms with Gasteiger partial charge in [0, 0.05) is 5.92 Å². The van der Waals surface area contributed by atoms with Crippen molar-refractivity contribution in [1.29, 1.82) is 0 Å². The van der Waals surface area contributed by atoms with Crippen LogP contribution in [0.5, 0.6) is 0 Å². The summed E-state index contributed by atoms with van der Waals surface area (Å²) in [5.74, 6) is 3.40. The highest BCUT2D eigenvalue weighted by atomic mass is 79.9. The van der Waals surface area contributed by atoms with Crippen molar-refractivity contribution in [3.05, 3.63) is 21.8 Å². The molecule has 0 aliphatic heterocycles. The first-order chi connectivity index (χ1) is 10.9. The average molecular weight is 404 g/mol. The number of hydrogen-bond acceptors (Lipinski definition) is 4. The molecule has 1 saturated carbocycles. The first-order valence-electron chi connectivity index (χ1n) is 7.46. The molecule has 3 N–H and O–H groups in total. The molecule has 0 spiro atoms. The quantitative estimate of drug-likeness (QED) is 0.740. The molecule has 0 amide bonds. The molecule has 0 radical (unpaired) electrons. The van der Waals surface area contributed by atoms with Gasteiger partial charge < -0.3 is 10.8 Å². The Bertz CT molecular complexity index is 704. The number of imidazole rings is 1. The molecule has 0 bridgehead atoms. The third-order valence-electron chi connectivity index (χ3n) is 4.41. The number of halogens is 2. The van der Waals surface area contributed by atoms with Crippen LogP contribution in [0, 0.1) is 11.8 Å². The monoisotopic (exact) mass is 402 g/mol. The smallest absolute Gasteiger partial charge is 0.290 e. The van der Waals surface area contributed by atoms with Crippen LogP contribution in [0.15, 0.2) is 10.8 Å². The Labute approximate surface area is 148 Å². The first kappa shape index (κ1) is 18.0. The number of aromatic nitrogens is 3. The minimum absolute atomic E-state index is 0.250. The Hall–Kier alpha value is -1.34. The van der Waals surface area contributed by atoms with Crippen LogP contribution < -0.4 is 5.73 Å². The normalized spacial score (nSPS) is 20.6. The number of fused-ring (bicyclic) bond motifs is 1. The summed E-state index contributed by atoms with van der Waals surface area (Å²) in [6, 6.07) is 0. The fourth-order valence-corrected chi connectivity index (χ4v) is 4.00. The summed E-state index contributed by atoms with van der Waals surface area (Å²) >= 11 is 9.79. The lowest BCUT2D eigenvalue weighted by atomic mass is 9.93. The number of rotatable bonds is 2. The lowest BCUT2D eigenvalue weighted by Gasteiger charge is -2.14. The minimum Gasteiger partial charge on any atom is -0.483 e. The third-order valence-corrected chi connectivity index (χ3v) is 5.23. The lowest BCUT2D eigenvalue weighted by molar-refractivity contribution is -0.122. The van der Waals surface area contributed by atoms with E-state index < -0.39 is 0 Å². The van der Waals surface area contributed by atoms with E-state index in [4.69, 9.17) is 27.2 Å². The molecule has 2 atom stereocenters. The van der Waals surface area contributed by atoms with E-state index in [1.165, 1.54) is 12.8 Å². The molecule has 6 nitrogen and oxygen atoms in total. The summed E-state index contributed by atoms with van der Waals surface area (Å²) < 4.78 is 2.68. The molecular formula is C15H20BrClN4O2. The molecule has 3 rings (SSSR count). The molecule has 126 valence electrons. The zero-order valence-corrected chi connectivity index (χ0v) is 15.4. The highest BCUT2D eigenvalue weighted by Gasteiger charge is 2.31. The summed E-state index contributed by atoms with van der Waals surface area (Å²) in [5.41, 5.74) is 6.73. The molecule has 0 saturated heterocycles. The van der Waals surface area contributed by atoms with Gasteiger partial charge >= 0.3 is 0 Å². The van der Waals surface area contributed by atoms with Crippen LogP contribution in [0.1, 0.15) is 44.9 Å². The van der Waals surface area contributed by atoms with E-state index >= 15 is 0 Å². The van der Waals surface area contributed by atoms with Gasteiger partial charge in [-0.15, -0.1) is 0 Å². The molecular weight excluding hydrogens is 384 g/mol. The van der Waals surface area contributed by atoms with E-state index in [9.17, 15) is 0 Å². The van der Waals surface area contributed by atoms with Gasteiger partial charge in [-0.3, -0.25) is 9.20 Å². The van der Waals surface area contributed by atoms with Gasteiger partial charge in [-0.05, 0) is 47.0 Å². The summed E-state index contributed by atoms with van der Waals surface area (Å²) in [6.07, 6.45) is 5.18. The Balaban J connectivity index is 0.000000595. The van der Waals surface area contributed by atoms with Crippen molar-refractivity contribution in [2.45, 2.75) is 39.0 Å². The average Bonchev–Trinajstić information content (AvgIpc) is 3.09. The molecule has 0 aromatic carbocycles. The van der Waals surface area contributed by atoms with Crippen LogP contribution in [0.25, 0.3) is 5.52 Å². The third kappa shape index (κ3) is 3.61. The van der Waals surface area contributed by atoms with Gasteiger partial charge in [-0.2, -0.15) is 0 Å². The fraction of sp³-hybridized carbons (Fsp3) is 0.533. The molecule has 2 aromatic rings. The molecule has 23 heavy (non-hydrogen) atoms. The van der Waals surface area contributed by atoms with Crippen LogP contribution in [-0.4, -0.2) is 25.9 Å².